The normalized spacial score (nSPS) is 20.8. The number of nitrogens with one attached hydrogen (secondary N) is 2. The van der Waals surface area contributed by atoms with E-state index in [2.05, 4.69) is 34.3 Å². The maximum absolute atomic E-state index is 4.48. The lowest BCUT2D eigenvalue weighted by molar-refractivity contribution is 0.179. The van der Waals surface area contributed by atoms with Crippen molar-refractivity contribution in [1.29, 1.82) is 0 Å². The maximum atomic E-state index is 4.48. The number of aryl methyl sites for hydroxylation is 1. The number of nitrogens with zero attached hydrogens (tertiary/aromatic N) is 2. The third-order valence-corrected chi connectivity index (χ3v) is 4.66. The second-order valence-corrected chi connectivity index (χ2v) is 6.83. The van der Waals surface area contributed by atoms with Gasteiger partial charge in [-0.15, -0.1) is 0 Å². The first-order valence-corrected chi connectivity index (χ1v) is 8.23. The molecular formula is C16H28N4. The van der Waals surface area contributed by atoms with Crippen molar-refractivity contribution in [3.8, 4) is 0 Å². The molecule has 0 radical (unpaired) electrons. The Morgan fingerprint density at radius 2 is 2.10 bits per heavy atom. The lowest BCUT2D eigenvalue weighted by atomic mass is 10.0. The summed E-state index contributed by atoms with van der Waals surface area (Å²) in [5.41, 5.74) is 4.14. The smallest absolute Gasteiger partial charge is 0.0794 e. The molecule has 0 bridgehead atoms. The van der Waals surface area contributed by atoms with Crippen molar-refractivity contribution in [2.24, 2.45) is 5.92 Å². The summed E-state index contributed by atoms with van der Waals surface area (Å²) in [6.07, 6.45) is 6.26. The first kappa shape index (κ1) is 14.1. The number of piperidine rings is 1. The molecule has 0 unspecified atom stereocenters. The Hall–Kier alpha value is -0.870. The number of H-pyrrole nitrogens is 1. The molecule has 2 heterocycles. The van der Waals surface area contributed by atoms with Crippen LogP contribution in [0.15, 0.2) is 0 Å². The Bertz CT molecular complexity index is 430. The first-order chi connectivity index (χ1) is 9.72. The molecule has 3 rings (SSSR count). The molecule has 0 amide bonds. The van der Waals surface area contributed by atoms with E-state index in [1.54, 1.807) is 0 Å². The largest absolute Gasteiger partial charge is 0.308 e. The van der Waals surface area contributed by atoms with Gasteiger partial charge in [-0.3, -0.25) is 5.10 Å². The summed E-state index contributed by atoms with van der Waals surface area (Å²) in [5.74, 6) is 0.783. The molecule has 2 N–H and O–H groups in total. The Kier molecular flexibility index (Phi) is 4.41. The summed E-state index contributed by atoms with van der Waals surface area (Å²) in [7, 11) is 0. The summed E-state index contributed by atoms with van der Waals surface area (Å²) in [6, 6.07) is 0.673. The molecule has 4 heteroatoms. The Morgan fingerprint density at radius 3 is 2.85 bits per heavy atom. The fourth-order valence-corrected chi connectivity index (χ4v) is 3.61. The minimum atomic E-state index is 0.673. The van der Waals surface area contributed by atoms with E-state index in [1.165, 1.54) is 68.7 Å². The topological polar surface area (TPSA) is 44.0 Å². The van der Waals surface area contributed by atoms with Gasteiger partial charge in [0.25, 0.3) is 0 Å². The molecule has 0 aromatic carbocycles. The fraction of sp³-hybridized carbons (Fsp3) is 0.812. The lowest BCUT2D eigenvalue weighted by Gasteiger charge is -2.33. The molecule has 1 saturated heterocycles. The van der Waals surface area contributed by atoms with Crippen LogP contribution in [0.3, 0.4) is 0 Å². The average molecular weight is 276 g/mol. The van der Waals surface area contributed by atoms with Crippen molar-refractivity contribution >= 4 is 0 Å². The molecular weight excluding hydrogens is 248 g/mol. The number of rotatable bonds is 5. The quantitative estimate of drug-likeness (QED) is 0.865. The van der Waals surface area contributed by atoms with Gasteiger partial charge in [-0.05, 0) is 56.7 Å². The van der Waals surface area contributed by atoms with Gasteiger partial charge < -0.3 is 10.2 Å². The highest BCUT2D eigenvalue weighted by molar-refractivity contribution is 5.29. The monoisotopic (exact) mass is 276 g/mol. The molecule has 1 aliphatic heterocycles. The molecule has 112 valence electrons. The zero-order valence-electron chi connectivity index (χ0n) is 12.9. The van der Waals surface area contributed by atoms with Crippen LogP contribution < -0.4 is 5.32 Å². The minimum absolute atomic E-state index is 0.673. The molecule has 2 aliphatic rings. The summed E-state index contributed by atoms with van der Waals surface area (Å²) >= 11 is 0. The highest BCUT2D eigenvalue weighted by atomic mass is 15.2. The SMILES string of the molecule is CC(C)CN1CCC(NCc2n[nH]c3c2CCC3)CC1. The van der Waals surface area contributed by atoms with Crippen LogP contribution in [0.4, 0.5) is 0 Å². The van der Waals surface area contributed by atoms with Gasteiger partial charge in [0.2, 0.25) is 0 Å². The van der Waals surface area contributed by atoms with Crippen LogP contribution in [-0.4, -0.2) is 40.8 Å². The van der Waals surface area contributed by atoms with Crippen molar-refractivity contribution in [3.63, 3.8) is 0 Å². The Morgan fingerprint density at radius 1 is 1.30 bits per heavy atom. The predicted molar refractivity (Wildman–Crippen MR) is 81.8 cm³/mol. The zero-order chi connectivity index (χ0) is 13.9. The van der Waals surface area contributed by atoms with E-state index in [9.17, 15) is 0 Å². The van der Waals surface area contributed by atoms with Gasteiger partial charge in [0.05, 0.1) is 5.69 Å². The van der Waals surface area contributed by atoms with Crippen LogP contribution in [0.25, 0.3) is 0 Å². The highest BCUT2D eigenvalue weighted by Crippen LogP contribution is 2.23. The van der Waals surface area contributed by atoms with E-state index in [-0.39, 0.29) is 0 Å². The van der Waals surface area contributed by atoms with Crippen molar-refractivity contribution < 1.29 is 0 Å². The third-order valence-electron chi connectivity index (χ3n) is 4.66. The van der Waals surface area contributed by atoms with Gasteiger partial charge in [0.1, 0.15) is 0 Å². The highest BCUT2D eigenvalue weighted by Gasteiger charge is 2.21. The summed E-state index contributed by atoms with van der Waals surface area (Å²) < 4.78 is 0. The van der Waals surface area contributed by atoms with Gasteiger partial charge in [-0.2, -0.15) is 5.10 Å². The zero-order valence-corrected chi connectivity index (χ0v) is 12.9. The van der Waals surface area contributed by atoms with Crippen molar-refractivity contribution in [3.05, 3.63) is 17.0 Å². The number of likely N-dealkylation sites (tertiary alicyclic amines) is 1. The molecule has 1 aromatic rings. The van der Waals surface area contributed by atoms with E-state index in [0.29, 0.717) is 6.04 Å². The van der Waals surface area contributed by atoms with Crippen LogP contribution in [0.1, 0.15) is 50.1 Å². The van der Waals surface area contributed by atoms with E-state index in [1.807, 2.05) is 0 Å². The molecule has 20 heavy (non-hydrogen) atoms. The van der Waals surface area contributed by atoms with Gasteiger partial charge in [-0.25, -0.2) is 0 Å². The van der Waals surface area contributed by atoms with Gasteiger partial charge in [0.15, 0.2) is 0 Å². The molecule has 4 nitrogen and oxygen atoms in total. The summed E-state index contributed by atoms with van der Waals surface area (Å²) in [5, 5.41) is 11.4. The third kappa shape index (κ3) is 3.23. The number of hydrogen-bond acceptors (Lipinski definition) is 3. The van der Waals surface area contributed by atoms with Crippen LogP contribution in [-0.2, 0) is 19.4 Å². The minimum Gasteiger partial charge on any atom is -0.308 e. The predicted octanol–water partition coefficient (Wildman–Crippen LogP) is 2.11. The number of fused-ring (bicyclic) bond motifs is 1. The molecule has 1 aliphatic carbocycles. The van der Waals surface area contributed by atoms with Crippen molar-refractivity contribution in [2.45, 2.75) is 58.5 Å². The molecule has 1 fully saturated rings. The number of hydrogen-bond donors (Lipinski definition) is 2. The second-order valence-electron chi connectivity index (χ2n) is 6.83. The number of aromatic nitrogens is 2. The Labute approximate surface area is 122 Å². The molecule has 0 spiro atoms. The molecule has 0 atom stereocenters. The van der Waals surface area contributed by atoms with Gasteiger partial charge in [0, 0.05) is 24.8 Å². The van der Waals surface area contributed by atoms with E-state index in [0.717, 1.165) is 12.5 Å². The van der Waals surface area contributed by atoms with Crippen LogP contribution >= 0.6 is 0 Å². The summed E-state index contributed by atoms with van der Waals surface area (Å²) in [4.78, 5) is 2.61. The van der Waals surface area contributed by atoms with E-state index >= 15 is 0 Å². The first-order valence-electron chi connectivity index (χ1n) is 8.23. The van der Waals surface area contributed by atoms with E-state index < -0.39 is 0 Å². The van der Waals surface area contributed by atoms with Crippen LogP contribution in [0.2, 0.25) is 0 Å². The average Bonchev–Trinajstić information content (AvgIpc) is 3.01. The van der Waals surface area contributed by atoms with E-state index in [4.69, 9.17) is 0 Å². The van der Waals surface area contributed by atoms with Gasteiger partial charge in [-0.1, -0.05) is 13.8 Å². The maximum Gasteiger partial charge on any atom is 0.0794 e. The van der Waals surface area contributed by atoms with Crippen molar-refractivity contribution in [1.82, 2.24) is 20.4 Å². The molecule has 0 saturated carbocycles. The second kappa shape index (κ2) is 6.27. The van der Waals surface area contributed by atoms with Gasteiger partial charge >= 0.3 is 0 Å². The lowest BCUT2D eigenvalue weighted by Crippen LogP contribution is -2.43. The van der Waals surface area contributed by atoms with Crippen molar-refractivity contribution in [2.75, 3.05) is 19.6 Å². The molecule has 1 aromatic heterocycles. The standard InChI is InChI=1S/C16H28N4/c1-12(2)11-20-8-6-13(7-9-20)17-10-16-14-4-3-5-15(14)18-19-16/h12-13,17H,3-11H2,1-2H3,(H,18,19). The van der Waals surface area contributed by atoms with Crippen LogP contribution in [0.5, 0.6) is 0 Å². The fourth-order valence-electron chi connectivity index (χ4n) is 3.61. The number of aromatic amines is 1. The van der Waals surface area contributed by atoms with Crippen LogP contribution in [0, 0.1) is 5.92 Å². The Balaban J connectivity index is 1.44. The summed E-state index contributed by atoms with van der Waals surface area (Å²) in [6.45, 7) is 9.30.